The summed E-state index contributed by atoms with van der Waals surface area (Å²) in [6, 6.07) is 21.3. The van der Waals surface area contributed by atoms with Gasteiger partial charge in [-0.05, 0) is 48.4 Å². The van der Waals surface area contributed by atoms with E-state index in [1.54, 1.807) is 53.4 Å². The quantitative estimate of drug-likeness (QED) is 0.482. The van der Waals surface area contributed by atoms with Gasteiger partial charge in [-0.25, -0.2) is 4.39 Å². The summed E-state index contributed by atoms with van der Waals surface area (Å²) in [5.74, 6) is -0.660. The van der Waals surface area contributed by atoms with Crippen LogP contribution < -0.4 is 4.90 Å². The summed E-state index contributed by atoms with van der Waals surface area (Å²) >= 11 is 0. The van der Waals surface area contributed by atoms with Crippen LogP contribution in [0.5, 0.6) is 5.75 Å². The van der Waals surface area contributed by atoms with Crippen LogP contribution in [0.15, 0.2) is 78.9 Å². The summed E-state index contributed by atoms with van der Waals surface area (Å²) in [5, 5.41) is 9.60. The zero-order valence-corrected chi connectivity index (χ0v) is 15.7. The van der Waals surface area contributed by atoms with Crippen molar-refractivity contribution < 1.29 is 19.1 Å². The number of phenols is 1. The highest BCUT2D eigenvalue weighted by atomic mass is 19.1. The van der Waals surface area contributed by atoms with Crippen LogP contribution in [0.25, 0.3) is 0 Å². The fourth-order valence-electron chi connectivity index (χ4n) is 3.83. The van der Waals surface area contributed by atoms with Gasteiger partial charge in [0, 0.05) is 17.7 Å². The number of phenolic OH excluding ortho intramolecular Hbond substituents is 1. The molecule has 0 bridgehead atoms. The number of ketones is 1. The number of Topliss-reactive ketones (excluding diaryl/α,β-unsaturated/α-hetero) is 1. The van der Waals surface area contributed by atoms with E-state index in [9.17, 15) is 19.1 Å². The summed E-state index contributed by atoms with van der Waals surface area (Å²) in [7, 11) is 0. The number of amides is 1. The Morgan fingerprint density at radius 2 is 1.59 bits per heavy atom. The normalized spacial score (nSPS) is 18.4. The van der Waals surface area contributed by atoms with Gasteiger partial charge in [0.15, 0.2) is 5.78 Å². The number of anilines is 1. The standard InChI is InChI=1S/C24H20FNO3/c25-18-8-10-19(11-9-18)26-23(17-6-12-20(27)13-7-17)21(24(26)29)14-15-22(28)16-4-2-1-3-5-16/h1-13,21,23,27H,14-15H2/t21-,23-/m1/s1. The molecule has 5 heteroatoms. The predicted octanol–water partition coefficient (Wildman–Crippen LogP) is 4.90. The van der Waals surface area contributed by atoms with Crippen molar-refractivity contribution in [1.82, 2.24) is 0 Å². The first-order valence-corrected chi connectivity index (χ1v) is 9.50. The van der Waals surface area contributed by atoms with E-state index in [2.05, 4.69) is 0 Å². The fourth-order valence-corrected chi connectivity index (χ4v) is 3.83. The minimum absolute atomic E-state index is 0.00286. The number of carbonyl (C=O) groups excluding carboxylic acids is 2. The number of hydrogen-bond donors (Lipinski definition) is 1. The molecule has 0 radical (unpaired) electrons. The number of rotatable bonds is 6. The highest BCUT2D eigenvalue weighted by Crippen LogP contribution is 2.45. The maximum atomic E-state index is 13.3. The SMILES string of the molecule is O=C(CC[C@H]1C(=O)N(c2ccc(F)cc2)[C@@H]1c1ccc(O)cc1)c1ccccc1. The highest BCUT2D eigenvalue weighted by Gasteiger charge is 2.48. The third-order valence-electron chi connectivity index (χ3n) is 5.33. The van der Waals surface area contributed by atoms with E-state index in [0.29, 0.717) is 17.7 Å². The monoisotopic (exact) mass is 389 g/mol. The second-order valence-corrected chi connectivity index (χ2v) is 7.16. The molecule has 2 atom stereocenters. The Balaban J connectivity index is 1.57. The Labute approximate surface area is 168 Å². The molecule has 146 valence electrons. The fraction of sp³-hybridized carbons (Fsp3) is 0.167. The first-order valence-electron chi connectivity index (χ1n) is 9.50. The summed E-state index contributed by atoms with van der Waals surface area (Å²) in [4.78, 5) is 27.0. The second kappa shape index (κ2) is 7.87. The zero-order chi connectivity index (χ0) is 20.4. The summed E-state index contributed by atoms with van der Waals surface area (Å²) in [5.41, 5.74) is 2.11. The number of carbonyl (C=O) groups is 2. The molecule has 1 heterocycles. The molecule has 0 unspecified atom stereocenters. The molecule has 1 fully saturated rings. The number of benzene rings is 3. The largest absolute Gasteiger partial charge is 0.508 e. The molecule has 0 spiro atoms. The van der Waals surface area contributed by atoms with E-state index in [1.807, 2.05) is 18.2 Å². The lowest BCUT2D eigenvalue weighted by Gasteiger charge is -2.47. The number of halogens is 1. The van der Waals surface area contributed by atoms with Crippen LogP contribution in [0.3, 0.4) is 0 Å². The van der Waals surface area contributed by atoms with Crippen LogP contribution in [0.4, 0.5) is 10.1 Å². The first kappa shape index (κ1) is 18.9. The molecule has 4 rings (SSSR count). The molecule has 1 N–H and O–H groups in total. The maximum absolute atomic E-state index is 13.3. The molecule has 0 aromatic heterocycles. The lowest BCUT2D eigenvalue weighted by Crippen LogP contribution is -2.55. The van der Waals surface area contributed by atoms with Crippen molar-refractivity contribution in [2.24, 2.45) is 5.92 Å². The zero-order valence-electron chi connectivity index (χ0n) is 15.7. The topological polar surface area (TPSA) is 57.6 Å². The van der Waals surface area contributed by atoms with Gasteiger partial charge < -0.3 is 10.0 Å². The molecule has 1 aliphatic rings. The van der Waals surface area contributed by atoms with Gasteiger partial charge in [-0.15, -0.1) is 0 Å². The van der Waals surface area contributed by atoms with Crippen LogP contribution >= 0.6 is 0 Å². The molecule has 3 aromatic rings. The highest BCUT2D eigenvalue weighted by molar-refractivity contribution is 6.04. The van der Waals surface area contributed by atoms with Gasteiger partial charge in [-0.3, -0.25) is 9.59 Å². The number of hydrogen-bond acceptors (Lipinski definition) is 3. The molecule has 29 heavy (non-hydrogen) atoms. The van der Waals surface area contributed by atoms with E-state index in [1.165, 1.54) is 12.1 Å². The molecule has 1 aliphatic heterocycles. The molecular formula is C24H20FNO3. The molecule has 3 aromatic carbocycles. The number of β-lactam (4-membered cyclic amide) rings is 1. The Morgan fingerprint density at radius 3 is 2.24 bits per heavy atom. The van der Waals surface area contributed by atoms with E-state index < -0.39 is 0 Å². The van der Waals surface area contributed by atoms with Crippen molar-refractivity contribution in [1.29, 1.82) is 0 Å². The molecule has 0 saturated carbocycles. The van der Waals surface area contributed by atoms with Gasteiger partial charge in [-0.1, -0.05) is 42.5 Å². The lowest BCUT2D eigenvalue weighted by molar-refractivity contribution is -0.130. The Bertz CT molecular complexity index is 1020. The smallest absolute Gasteiger partial charge is 0.233 e. The maximum Gasteiger partial charge on any atom is 0.233 e. The Morgan fingerprint density at radius 1 is 0.931 bits per heavy atom. The minimum Gasteiger partial charge on any atom is -0.508 e. The van der Waals surface area contributed by atoms with E-state index >= 15 is 0 Å². The predicted molar refractivity (Wildman–Crippen MR) is 108 cm³/mol. The van der Waals surface area contributed by atoms with Gasteiger partial charge in [-0.2, -0.15) is 0 Å². The van der Waals surface area contributed by atoms with E-state index in [4.69, 9.17) is 0 Å². The molecule has 0 aliphatic carbocycles. The third-order valence-corrected chi connectivity index (χ3v) is 5.33. The van der Waals surface area contributed by atoms with Gasteiger partial charge >= 0.3 is 0 Å². The number of nitrogens with zero attached hydrogens (tertiary/aromatic N) is 1. The average Bonchev–Trinajstić information content (AvgIpc) is 2.74. The molecule has 1 saturated heterocycles. The van der Waals surface area contributed by atoms with Crippen molar-refractivity contribution in [2.45, 2.75) is 18.9 Å². The van der Waals surface area contributed by atoms with E-state index in [0.717, 1.165) is 5.56 Å². The second-order valence-electron chi connectivity index (χ2n) is 7.16. The van der Waals surface area contributed by atoms with Crippen molar-refractivity contribution in [2.75, 3.05) is 4.90 Å². The van der Waals surface area contributed by atoms with E-state index in [-0.39, 0.29) is 41.6 Å². The van der Waals surface area contributed by atoms with Crippen molar-refractivity contribution >= 4 is 17.4 Å². The van der Waals surface area contributed by atoms with Crippen LogP contribution in [0.2, 0.25) is 0 Å². The summed E-state index contributed by atoms with van der Waals surface area (Å²) < 4.78 is 13.3. The molecular weight excluding hydrogens is 369 g/mol. The van der Waals surface area contributed by atoms with Crippen LogP contribution in [0.1, 0.15) is 34.8 Å². The van der Waals surface area contributed by atoms with Crippen molar-refractivity contribution in [3.8, 4) is 5.75 Å². The average molecular weight is 389 g/mol. The van der Waals surface area contributed by atoms with Gasteiger partial charge in [0.2, 0.25) is 5.91 Å². The van der Waals surface area contributed by atoms with Gasteiger partial charge in [0.25, 0.3) is 0 Å². The van der Waals surface area contributed by atoms with Crippen LogP contribution in [0, 0.1) is 11.7 Å². The summed E-state index contributed by atoms with van der Waals surface area (Å²) in [6.07, 6.45) is 0.696. The first-order chi connectivity index (χ1) is 14.0. The molecule has 1 amide bonds. The van der Waals surface area contributed by atoms with Crippen LogP contribution in [-0.4, -0.2) is 16.8 Å². The summed E-state index contributed by atoms with van der Waals surface area (Å²) in [6.45, 7) is 0. The Hall–Kier alpha value is -3.47. The minimum atomic E-state index is -0.368. The van der Waals surface area contributed by atoms with Crippen LogP contribution in [-0.2, 0) is 4.79 Å². The van der Waals surface area contributed by atoms with Gasteiger partial charge in [0.05, 0.1) is 12.0 Å². The third kappa shape index (κ3) is 3.76. The van der Waals surface area contributed by atoms with Crippen molar-refractivity contribution in [3.63, 3.8) is 0 Å². The van der Waals surface area contributed by atoms with Gasteiger partial charge in [0.1, 0.15) is 11.6 Å². The van der Waals surface area contributed by atoms with Crippen molar-refractivity contribution in [3.05, 3.63) is 95.8 Å². The lowest BCUT2D eigenvalue weighted by atomic mass is 9.78. The Kier molecular flexibility index (Phi) is 5.12. The molecule has 4 nitrogen and oxygen atoms in total. The number of aromatic hydroxyl groups is 1.